The standard InChI is InChI=1S/C23H31NO5/c1-7-18(17-13-19(27-4)22(29-6)20(14-17)28-5)23(26)24(3)15(2)21(25)16-11-9-8-10-12-16/h8-15,18,21,25H,7H2,1-6H3/t15-,18?,21+/m0/s1. The number of carbonyl (C=O) groups is 1. The maximum absolute atomic E-state index is 13.3. The molecule has 1 unspecified atom stereocenters. The minimum Gasteiger partial charge on any atom is -0.493 e. The molecule has 0 bridgehead atoms. The number of aliphatic hydroxyl groups is 1. The summed E-state index contributed by atoms with van der Waals surface area (Å²) in [5.41, 5.74) is 1.56. The first-order valence-corrected chi connectivity index (χ1v) is 9.69. The van der Waals surface area contributed by atoms with E-state index >= 15 is 0 Å². The molecule has 2 rings (SSSR count). The molecule has 3 atom stereocenters. The van der Waals surface area contributed by atoms with E-state index in [0.29, 0.717) is 23.7 Å². The van der Waals surface area contributed by atoms with Gasteiger partial charge in [0.15, 0.2) is 11.5 Å². The van der Waals surface area contributed by atoms with Gasteiger partial charge in [0.1, 0.15) is 0 Å². The van der Waals surface area contributed by atoms with Crippen molar-refractivity contribution >= 4 is 5.91 Å². The molecule has 2 aromatic carbocycles. The van der Waals surface area contributed by atoms with Gasteiger partial charge in [-0.05, 0) is 36.6 Å². The minimum absolute atomic E-state index is 0.0794. The molecule has 0 saturated carbocycles. The zero-order chi connectivity index (χ0) is 21.6. The zero-order valence-electron chi connectivity index (χ0n) is 18.0. The van der Waals surface area contributed by atoms with Crippen molar-refractivity contribution in [1.29, 1.82) is 0 Å². The van der Waals surface area contributed by atoms with Gasteiger partial charge in [-0.25, -0.2) is 0 Å². The Hall–Kier alpha value is -2.73. The van der Waals surface area contributed by atoms with Gasteiger partial charge in [0.2, 0.25) is 11.7 Å². The van der Waals surface area contributed by atoms with Crippen LogP contribution >= 0.6 is 0 Å². The Labute approximate surface area is 173 Å². The lowest BCUT2D eigenvalue weighted by atomic mass is 9.93. The third-order valence-corrected chi connectivity index (χ3v) is 5.35. The Balaban J connectivity index is 2.32. The van der Waals surface area contributed by atoms with Crippen molar-refractivity contribution in [1.82, 2.24) is 4.90 Å². The van der Waals surface area contributed by atoms with Crippen molar-refractivity contribution in [3.05, 3.63) is 53.6 Å². The second-order valence-electron chi connectivity index (χ2n) is 6.96. The number of carbonyl (C=O) groups excluding carboxylic acids is 1. The number of hydrogen-bond acceptors (Lipinski definition) is 5. The van der Waals surface area contributed by atoms with E-state index in [4.69, 9.17) is 14.2 Å². The molecule has 0 aliphatic heterocycles. The number of nitrogens with zero attached hydrogens (tertiary/aromatic N) is 1. The van der Waals surface area contributed by atoms with Crippen LogP contribution in [0.2, 0.25) is 0 Å². The van der Waals surface area contributed by atoms with Crippen LogP contribution in [0.25, 0.3) is 0 Å². The molecule has 0 aromatic heterocycles. The van der Waals surface area contributed by atoms with Gasteiger partial charge in [-0.3, -0.25) is 4.79 Å². The Kier molecular flexibility index (Phi) is 7.91. The lowest BCUT2D eigenvalue weighted by Crippen LogP contribution is -2.41. The predicted molar refractivity (Wildman–Crippen MR) is 113 cm³/mol. The highest BCUT2D eigenvalue weighted by Crippen LogP contribution is 2.41. The number of likely N-dealkylation sites (N-methyl/N-ethyl adjacent to an activating group) is 1. The molecule has 0 fully saturated rings. The molecule has 6 heteroatoms. The second-order valence-corrected chi connectivity index (χ2v) is 6.96. The number of hydrogen-bond donors (Lipinski definition) is 1. The van der Waals surface area contributed by atoms with Crippen molar-refractivity contribution < 1.29 is 24.1 Å². The number of methoxy groups -OCH3 is 3. The van der Waals surface area contributed by atoms with Crippen LogP contribution in [0.5, 0.6) is 17.2 Å². The van der Waals surface area contributed by atoms with E-state index < -0.39 is 12.0 Å². The summed E-state index contributed by atoms with van der Waals surface area (Å²) < 4.78 is 16.2. The van der Waals surface area contributed by atoms with Gasteiger partial charge in [-0.1, -0.05) is 37.3 Å². The van der Waals surface area contributed by atoms with Crippen LogP contribution in [-0.2, 0) is 4.79 Å². The maximum atomic E-state index is 13.3. The summed E-state index contributed by atoms with van der Waals surface area (Å²) in [6.45, 7) is 3.80. The highest BCUT2D eigenvalue weighted by atomic mass is 16.5. The van der Waals surface area contributed by atoms with E-state index in [1.165, 1.54) is 0 Å². The Morgan fingerprint density at radius 1 is 1.00 bits per heavy atom. The maximum Gasteiger partial charge on any atom is 0.230 e. The molecule has 0 aliphatic rings. The average Bonchev–Trinajstić information content (AvgIpc) is 2.77. The van der Waals surface area contributed by atoms with Gasteiger partial charge in [0.25, 0.3) is 0 Å². The largest absolute Gasteiger partial charge is 0.493 e. The van der Waals surface area contributed by atoms with Crippen molar-refractivity contribution in [3.8, 4) is 17.2 Å². The van der Waals surface area contributed by atoms with Crippen LogP contribution in [0.15, 0.2) is 42.5 Å². The third-order valence-electron chi connectivity index (χ3n) is 5.35. The predicted octanol–water partition coefficient (Wildman–Crippen LogP) is 3.79. The zero-order valence-corrected chi connectivity index (χ0v) is 18.0. The highest BCUT2D eigenvalue weighted by Gasteiger charge is 2.30. The topological polar surface area (TPSA) is 68.2 Å². The van der Waals surface area contributed by atoms with Gasteiger partial charge in [0, 0.05) is 7.05 Å². The summed E-state index contributed by atoms with van der Waals surface area (Å²) >= 11 is 0. The molecule has 0 spiro atoms. The summed E-state index contributed by atoms with van der Waals surface area (Å²) in [5.74, 6) is 1.02. The molecule has 0 aliphatic carbocycles. The van der Waals surface area contributed by atoms with Crippen LogP contribution in [0.3, 0.4) is 0 Å². The molecule has 1 amide bonds. The fraction of sp³-hybridized carbons (Fsp3) is 0.435. The van der Waals surface area contributed by atoms with Gasteiger partial charge in [0.05, 0.1) is 39.4 Å². The molecule has 29 heavy (non-hydrogen) atoms. The number of rotatable bonds is 9. The summed E-state index contributed by atoms with van der Waals surface area (Å²) in [7, 11) is 6.37. The molecule has 1 N–H and O–H groups in total. The Morgan fingerprint density at radius 2 is 1.55 bits per heavy atom. The summed E-state index contributed by atoms with van der Waals surface area (Å²) in [4.78, 5) is 14.9. The average molecular weight is 402 g/mol. The van der Waals surface area contributed by atoms with Crippen molar-refractivity contribution in [3.63, 3.8) is 0 Å². The van der Waals surface area contributed by atoms with Gasteiger partial charge >= 0.3 is 0 Å². The molecule has 0 heterocycles. The minimum atomic E-state index is -0.775. The first-order chi connectivity index (χ1) is 13.9. The highest BCUT2D eigenvalue weighted by molar-refractivity contribution is 5.84. The number of aliphatic hydroxyl groups excluding tert-OH is 1. The number of amides is 1. The third kappa shape index (κ3) is 4.82. The van der Waals surface area contributed by atoms with E-state index in [2.05, 4.69) is 0 Å². The molecule has 6 nitrogen and oxygen atoms in total. The lowest BCUT2D eigenvalue weighted by molar-refractivity contribution is -0.135. The van der Waals surface area contributed by atoms with Crippen LogP contribution in [0, 0.1) is 0 Å². The fourth-order valence-corrected chi connectivity index (χ4v) is 3.44. The van der Waals surface area contributed by atoms with Gasteiger partial charge < -0.3 is 24.2 Å². The van der Waals surface area contributed by atoms with Gasteiger partial charge in [-0.15, -0.1) is 0 Å². The van der Waals surface area contributed by atoms with Crippen molar-refractivity contribution in [2.75, 3.05) is 28.4 Å². The smallest absolute Gasteiger partial charge is 0.230 e. The van der Waals surface area contributed by atoms with Crippen LogP contribution in [-0.4, -0.2) is 50.3 Å². The quantitative estimate of drug-likeness (QED) is 0.692. The monoisotopic (exact) mass is 401 g/mol. The molecule has 0 radical (unpaired) electrons. The van der Waals surface area contributed by atoms with Crippen LogP contribution in [0.1, 0.15) is 43.4 Å². The first kappa shape index (κ1) is 22.6. The van der Waals surface area contributed by atoms with E-state index in [1.54, 1.807) is 45.4 Å². The van der Waals surface area contributed by atoms with Crippen molar-refractivity contribution in [2.24, 2.45) is 0 Å². The summed E-state index contributed by atoms with van der Waals surface area (Å²) in [5, 5.41) is 10.7. The molecular weight excluding hydrogens is 370 g/mol. The van der Waals surface area contributed by atoms with E-state index in [1.807, 2.05) is 44.2 Å². The molecule has 0 saturated heterocycles. The second kappa shape index (κ2) is 10.2. The normalized spacial score (nSPS) is 13.9. The van der Waals surface area contributed by atoms with E-state index in [9.17, 15) is 9.90 Å². The number of ether oxygens (including phenoxy) is 3. The molecule has 2 aromatic rings. The molecule has 158 valence electrons. The molecular formula is C23H31NO5. The Morgan fingerprint density at radius 3 is 2.00 bits per heavy atom. The van der Waals surface area contributed by atoms with Crippen LogP contribution in [0.4, 0.5) is 0 Å². The number of benzene rings is 2. The van der Waals surface area contributed by atoms with E-state index in [-0.39, 0.29) is 11.9 Å². The first-order valence-electron chi connectivity index (χ1n) is 9.69. The van der Waals surface area contributed by atoms with Gasteiger partial charge in [-0.2, -0.15) is 0 Å². The fourth-order valence-electron chi connectivity index (χ4n) is 3.44. The van der Waals surface area contributed by atoms with Crippen molar-refractivity contribution in [2.45, 2.75) is 38.3 Å². The SMILES string of the molecule is CCC(C(=O)N(C)[C@@H](C)[C@@H](O)c1ccccc1)c1cc(OC)c(OC)c(OC)c1. The van der Waals surface area contributed by atoms with Crippen LogP contribution < -0.4 is 14.2 Å². The summed E-state index contributed by atoms with van der Waals surface area (Å²) in [6.07, 6.45) is -0.182. The Bertz CT molecular complexity index is 783. The van der Waals surface area contributed by atoms with E-state index in [0.717, 1.165) is 11.1 Å². The summed E-state index contributed by atoms with van der Waals surface area (Å²) in [6, 6.07) is 12.6. The lowest BCUT2D eigenvalue weighted by Gasteiger charge is -2.32.